The average molecular weight is 618 g/mol. The average Bonchev–Trinajstić information content (AvgIpc) is 3.45. The van der Waals surface area contributed by atoms with Gasteiger partial charge in [0.1, 0.15) is 17.6 Å². The van der Waals surface area contributed by atoms with E-state index >= 15 is 0 Å². The maximum Gasteiger partial charge on any atom is 0.343 e. The molecule has 2 aliphatic heterocycles. The fourth-order valence-corrected chi connectivity index (χ4v) is 9.27. The topological polar surface area (TPSA) is 107 Å². The molecule has 3 aromatic carbocycles. The van der Waals surface area contributed by atoms with Gasteiger partial charge in [0.25, 0.3) is 11.8 Å². The molecule has 234 valence electrons. The SMILES string of the molecule is COC(=O)[C@H](Cc1ccc2c(c1)Cc1cc3c(cc1C(=O)O2)[C@@H]1CC[C@@]2(C)C(=O)CC[C@@H]2[C@H]1CC3)N1C(=O)c2ccccc2C1=O. The first-order valence-corrected chi connectivity index (χ1v) is 16.3. The molecule has 2 heterocycles. The van der Waals surface area contributed by atoms with Gasteiger partial charge in [-0.3, -0.25) is 19.3 Å². The summed E-state index contributed by atoms with van der Waals surface area (Å²) < 4.78 is 11.0. The fourth-order valence-electron chi connectivity index (χ4n) is 9.27. The third-order valence-electron chi connectivity index (χ3n) is 11.6. The van der Waals surface area contributed by atoms with E-state index in [4.69, 9.17) is 9.47 Å². The Kier molecular flexibility index (Phi) is 6.57. The number of benzene rings is 3. The molecule has 46 heavy (non-hydrogen) atoms. The van der Waals surface area contributed by atoms with Gasteiger partial charge in [0.15, 0.2) is 0 Å². The highest BCUT2D eigenvalue weighted by molar-refractivity contribution is 6.22. The van der Waals surface area contributed by atoms with Crippen molar-refractivity contribution in [3.63, 3.8) is 0 Å². The van der Waals surface area contributed by atoms with E-state index in [0.717, 1.165) is 48.1 Å². The zero-order valence-corrected chi connectivity index (χ0v) is 26.0. The second-order valence-corrected chi connectivity index (χ2v) is 13.8. The Hall–Kier alpha value is -4.59. The number of imide groups is 1. The van der Waals surface area contributed by atoms with Gasteiger partial charge in [-0.25, -0.2) is 9.59 Å². The molecule has 8 heteroatoms. The number of Topliss-reactive ketones (excluding diaryl/α,β-unsaturated/α-hetero) is 1. The lowest BCUT2D eigenvalue weighted by molar-refractivity contribution is -0.145. The van der Waals surface area contributed by atoms with Gasteiger partial charge in [-0.1, -0.05) is 37.3 Å². The minimum atomic E-state index is -1.15. The Morgan fingerprint density at radius 3 is 2.41 bits per heavy atom. The highest BCUT2D eigenvalue weighted by Gasteiger charge is 2.54. The molecule has 3 aromatic rings. The standard InChI is InChI=1S/C38H35NO7/c1-38-14-13-24-25(30(38)10-12-33(38)40)9-8-21-17-22-18-23-15-20(7-11-32(23)46-36(43)29(22)19-28(21)24)16-31(37(44)45-2)39-34(41)26-5-3-4-6-27(26)35(39)42/h3-7,11,15,17,19,24-25,30-31H,8-10,12-14,16,18H2,1-2H3/t24-,25+,30-,31+,38-/m1/s1. The molecule has 0 unspecified atom stereocenters. The number of ketones is 1. The Morgan fingerprint density at radius 1 is 0.913 bits per heavy atom. The summed E-state index contributed by atoms with van der Waals surface area (Å²) in [4.78, 5) is 66.7. The number of carbonyl (C=O) groups is 5. The maximum absolute atomic E-state index is 13.5. The van der Waals surface area contributed by atoms with Gasteiger partial charge in [-0.15, -0.1) is 0 Å². The summed E-state index contributed by atoms with van der Waals surface area (Å²) in [6, 6.07) is 15.0. The molecule has 0 aromatic heterocycles. The van der Waals surface area contributed by atoms with Crippen LogP contribution in [0.25, 0.3) is 0 Å². The lowest BCUT2D eigenvalue weighted by Gasteiger charge is -2.48. The summed E-state index contributed by atoms with van der Waals surface area (Å²) in [7, 11) is 1.24. The number of esters is 2. The van der Waals surface area contributed by atoms with Crippen LogP contribution in [-0.4, -0.2) is 47.6 Å². The van der Waals surface area contributed by atoms with Crippen LogP contribution >= 0.6 is 0 Å². The van der Waals surface area contributed by atoms with Crippen LogP contribution in [-0.2, 0) is 33.6 Å². The highest BCUT2D eigenvalue weighted by Crippen LogP contribution is 2.59. The molecule has 5 aliphatic rings. The summed E-state index contributed by atoms with van der Waals surface area (Å²) in [6.45, 7) is 2.17. The van der Waals surface area contributed by atoms with Crippen LogP contribution in [0.2, 0.25) is 0 Å². The van der Waals surface area contributed by atoms with E-state index in [-0.39, 0.29) is 28.9 Å². The van der Waals surface area contributed by atoms with E-state index in [9.17, 15) is 24.0 Å². The summed E-state index contributed by atoms with van der Waals surface area (Å²) in [6.07, 6.45) is 6.03. The lowest BCUT2D eigenvalue weighted by atomic mass is 9.55. The van der Waals surface area contributed by atoms with E-state index in [0.29, 0.717) is 53.3 Å². The van der Waals surface area contributed by atoms with Crippen LogP contribution in [0.3, 0.4) is 0 Å². The maximum atomic E-state index is 13.5. The minimum Gasteiger partial charge on any atom is -0.467 e. The molecule has 0 bridgehead atoms. The predicted octanol–water partition coefficient (Wildman–Crippen LogP) is 5.62. The number of methoxy groups -OCH3 is 1. The van der Waals surface area contributed by atoms with Crippen molar-refractivity contribution in [3.05, 3.63) is 99.1 Å². The molecule has 0 saturated heterocycles. The number of aryl methyl sites for hydroxylation is 1. The van der Waals surface area contributed by atoms with Crippen LogP contribution in [0.5, 0.6) is 5.75 Å². The van der Waals surface area contributed by atoms with Crippen molar-refractivity contribution in [1.29, 1.82) is 0 Å². The van der Waals surface area contributed by atoms with Crippen molar-refractivity contribution in [1.82, 2.24) is 4.90 Å². The molecule has 2 fully saturated rings. The first-order valence-electron chi connectivity index (χ1n) is 16.3. The number of nitrogens with zero attached hydrogens (tertiary/aromatic N) is 1. The van der Waals surface area contributed by atoms with Gasteiger partial charge >= 0.3 is 11.9 Å². The van der Waals surface area contributed by atoms with Gasteiger partial charge in [-0.05, 0) is 102 Å². The molecular weight excluding hydrogens is 582 g/mol. The zero-order valence-electron chi connectivity index (χ0n) is 26.0. The van der Waals surface area contributed by atoms with Crippen molar-refractivity contribution in [2.45, 2.75) is 70.3 Å². The van der Waals surface area contributed by atoms with Crippen molar-refractivity contribution >= 4 is 29.5 Å². The molecule has 0 radical (unpaired) electrons. The van der Waals surface area contributed by atoms with E-state index in [2.05, 4.69) is 19.1 Å². The van der Waals surface area contributed by atoms with Crippen molar-refractivity contribution < 1.29 is 33.4 Å². The quantitative estimate of drug-likeness (QED) is 0.213. The van der Waals surface area contributed by atoms with E-state index in [1.165, 1.54) is 18.2 Å². The van der Waals surface area contributed by atoms with Crippen LogP contribution in [0.15, 0.2) is 54.6 Å². The number of carbonyl (C=O) groups excluding carboxylic acids is 5. The minimum absolute atomic E-state index is 0.0576. The number of fused-ring (bicyclic) bond motifs is 8. The third-order valence-corrected chi connectivity index (χ3v) is 11.6. The lowest BCUT2D eigenvalue weighted by Crippen LogP contribution is -2.46. The van der Waals surface area contributed by atoms with E-state index in [1.54, 1.807) is 36.4 Å². The number of hydrogen-bond acceptors (Lipinski definition) is 7. The first kappa shape index (κ1) is 28.9. The molecule has 3 aliphatic carbocycles. The van der Waals surface area contributed by atoms with Crippen LogP contribution in [0.1, 0.15) is 104 Å². The van der Waals surface area contributed by atoms with E-state index in [1.807, 2.05) is 6.07 Å². The summed E-state index contributed by atoms with van der Waals surface area (Å²) in [5, 5.41) is 0. The van der Waals surface area contributed by atoms with Crippen molar-refractivity contribution in [2.24, 2.45) is 17.3 Å². The molecule has 0 N–H and O–H groups in total. The normalized spacial score (nSPS) is 26.6. The van der Waals surface area contributed by atoms with Crippen molar-refractivity contribution in [2.75, 3.05) is 7.11 Å². The molecular formula is C38H35NO7. The number of amides is 2. The highest BCUT2D eigenvalue weighted by atomic mass is 16.5. The summed E-state index contributed by atoms with van der Waals surface area (Å²) in [5.74, 6) is -0.0274. The third kappa shape index (κ3) is 4.22. The Morgan fingerprint density at radius 2 is 1.67 bits per heavy atom. The Balaban J connectivity index is 1.09. The van der Waals surface area contributed by atoms with Gasteiger partial charge in [0, 0.05) is 24.7 Å². The molecule has 2 amide bonds. The van der Waals surface area contributed by atoms with Gasteiger partial charge in [0.2, 0.25) is 0 Å². The Labute approximate surface area is 267 Å². The van der Waals surface area contributed by atoms with Crippen LogP contribution < -0.4 is 4.74 Å². The molecule has 2 saturated carbocycles. The second-order valence-electron chi connectivity index (χ2n) is 13.8. The molecule has 0 spiro atoms. The molecule has 8 rings (SSSR count). The van der Waals surface area contributed by atoms with Crippen LogP contribution in [0, 0.1) is 17.3 Å². The first-order chi connectivity index (χ1) is 22.2. The Bertz CT molecular complexity index is 1840. The number of hydrogen-bond donors (Lipinski definition) is 0. The molecule has 5 atom stereocenters. The molecule has 8 nitrogen and oxygen atoms in total. The zero-order chi connectivity index (χ0) is 31.9. The van der Waals surface area contributed by atoms with E-state index < -0.39 is 23.8 Å². The van der Waals surface area contributed by atoms with Gasteiger partial charge < -0.3 is 9.47 Å². The summed E-state index contributed by atoms with van der Waals surface area (Å²) >= 11 is 0. The second kappa shape index (κ2) is 10.5. The number of ether oxygens (including phenoxy) is 2. The largest absolute Gasteiger partial charge is 0.467 e. The van der Waals surface area contributed by atoms with Gasteiger partial charge in [-0.2, -0.15) is 0 Å². The van der Waals surface area contributed by atoms with Crippen molar-refractivity contribution in [3.8, 4) is 5.75 Å². The predicted molar refractivity (Wildman–Crippen MR) is 167 cm³/mol. The smallest absolute Gasteiger partial charge is 0.343 e. The van der Waals surface area contributed by atoms with Gasteiger partial charge in [0.05, 0.1) is 23.8 Å². The fraction of sp³-hybridized carbons (Fsp3) is 0.395. The summed E-state index contributed by atoms with van der Waals surface area (Å²) in [5.41, 5.74) is 5.82. The van der Waals surface area contributed by atoms with Crippen LogP contribution in [0.4, 0.5) is 0 Å². The monoisotopic (exact) mass is 617 g/mol. The number of rotatable bonds is 4.